The fraction of sp³-hybridized carbons (Fsp3) is 0.562. The molecule has 1 saturated heterocycles. The third-order valence-corrected chi connectivity index (χ3v) is 3.87. The van der Waals surface area contributed by atoms with Crippen LogP contribution in [-0.2, 0) is 0 Å². The van der Waals surface area contributed by atoms with Crippen LogP contribution in [0.3, 0.4) is 0 Å². The van der Waals surface area contributed by atoms with Gasteiger partial charge in [-0.05, 0) is 45.2 Å². The quantitative estimate of drug-likeness (QED) is 0.898. The molecule has 1 aromatic carbocycles. The molecule has 2 rings (SSSR count). The van der Waals surface area contributed by atoms with Gasteiger partial charge in [-0.2, -0.15) is 0 Å². The standard InChI is InChI=1S/C16H24N2O/c1-4-11-17-14-9-6-5-8-13(14)15(19)18-12-7-10-16(18,2)3/h5-6,8-9,17H,4,7,10-12H2,1-3H3. The third-order valence-electron chi connectivity index (χ3n) is 3.87. The second-order valence-corrected chi connectivity index (χ2v) is 5.85. The van der Waals surface area contributed by atoms with Crippen molar-refractivity contribution < 1.29 is 4.79 Å². The molecule has 0 radical (unpaired) electrons. The molecule has 104 valence electrons. The first-order chi connectivity index (χ1) is 9.06. The van der Waals surface area contributed by atoms with Crippen LogP contribution >= 0.6 is 0 Å². The number of benzene rings is 1. The average molecular weight is 260 g/mol. The molecule has 0 aliphatic carbocycles. The molecule has 0 unspecified atom stereocenters. The number of rotatable bonds is 4. The molecule has 3 heteroatoms. The third kappa shape index (κ3) is 2.91. The molecule has 0 bridgehead atoms. The molecule has 0 aromatic heterocycles. The molecule has 0 atom stereocenters. The Morgan fingerprint density at radius 3 is 2.74 bits per heavy atom. The molecule has 1 aliphatic heterocycles. The van der Waals surface area contributed by atoms with Crippen LogP contribution in [0.4, 0.5) is 5.69 Å². The van der Waals surface area contributed by atoms with Crippen LogP contribution in [0.25, 0.3) is 0 Å². The second-order valence-electron chi connectivity index (χ2n) is 5.85. The number of amides is 1. The predicted octanol–water partition coefficient (Wildman–Crippen LogP) is 3.52. The van der Waals surface area contributed by atoms with Gasteiger partial charge in [0.15, 0.2) is 0 Å². The zero-order chi connectivity index (χ0) is 13.9. The van der Waals surface area contributed by atoms with E-state index in [1.165, 1.54) is 0 Å². The van der Waals surface area contributed by atoms with E-state index in [0.29, 0.717) is 0 Å². The summed E-state index contributed by atoms with van der Waals surface area (Å²) in [7, 11) is 0. The van der Waals surface area contributed by atoms with Gasteiger partial charge in [0.1, 0.15) is 0 Å². The highest BCUT2D eigenvalue weighted by molar-refractivity contribution is 6.00. The molecule has 1 heterocycles. The van der Waals surface area contributed by atoms with Crippen molar-refractivity contribution >= 4 is 11.6 Å². The minimum absolute atomic E-state index is 0.0189. The van der Waals surface area contributed by atoms with Crippen LogP contribution in [0.5, 0.6) is 0 Å². The van der Waals surface area contributed by atoms with E-state index in [0.717, 1.165) is 43.6 Å². The van der Waals surface area contributed by atoms with E-state index in [9.17, 15) is 4.79 Å². The normalized spacial score (nSPS) is 17.5. The van der Waals surface area contributed by atoms with Crippen LogP contribution < -0.4 is 5.32 Å². The largest absolute Gasteiger partial charge is 0.384 e. The Morgan fingerprint density at radius 2 is 2.11 bits per heavy atom. The summed E-state index contributed by atoms with van der Waals surface area (Å²) in [5.41, 5.74) is 1.73. The molecule has 1 aromatic rings. The number of likely N-dealkylation sites (tertiary alicyclic amines) is 1. The molecular weight excluding hydrogens is 236 g/mol. The summed E-state index contributed by atoms with van der Waals surface area (Å²) in [6, 6.07) is 7.83. The van der Waals surface area contributed by atoms with Crippen molar-refractivity contribution in [3.8, 4) is 0 Å². The lowest BCUT2D eigenvalue weighted by Crippen LogP contribution is -2.42. The van der Waals surface area contributed by atoms with E-state index < -0.39 is 0 Å². The highest BCUT2D eigenvalue weighted by Gasteiger charge is 2.36. The van der Waals surface area contributed by atoms with Crippen molar-refractivity contribution in [1.82, 2.24) is 4.90 Å². The first-order valence-electron chi connectivity index (χ1n) is 7.21. The monoisotopic (exact) mass is 260 g/mol. The van der Waals surface area contributed by atoms with Crippen molar-refractivity contribution in [3.63, 3.8) is 0 Å². The number of carbonyl (C=O) groups is 1. The highest BCUT2D eigenvalue weighted by atomic mass is 16.2. The van der Waals surface area contributed by atoms with Gasteiger partial charge >= 0.3 is 0 Å². The van der Waals surface area contributed by atoms with E-state index in [-0.39, 0.29) is 11.4 Å². The molecule has 0 saturated carbocycles. The van der Waals surface area contributed by atoms with Crippen LogP contribution in [-0.4, -0.2) is 29.4 Å². The molecular formula is C16H24N2O. The topological polar surface area (TPSA) is 32.3 Å². The number of anilines is 1. The average Bonchev–Trinajstić information content (AvgIpc) is 2.75. The molecule has 1 N–H and O–H groups in total. The smallest absolute Gasteiger partial charge is 0.256 e. The Labute approximate surface area is 116 Å². The highest BCUT2D eigenvalue weighted by Crippen LogP contribution is 2.31. The van der Waals surface area contributed by atoms with E-state index >= 15 is 0 Å². The van der Waals surface area contributed by atoms with Crippen LogP contribution in [0.15, 0.2) is 24.3 Å². The van der Waals surface area contributed by atoms with Crippen LogP contribution in [0.1, 0.15) is 50.4 Å². The number of hydrogen-bond acceptors (Lipinski definition) is 2. The lowest BCUT2D eigenvalue weighted by atomic mass is 10.0. The number of nitrogens with one attached hydrogen (secondary N) is 1. The van der Waals surface area contributed by atoms with E-state index in [2.05, 4.69) is 26.1 Å². The Hall–Kier alpha value is -1.51. The van der Waals surface area contributed by atoms with E-state index in [4.69, 9.17) is 0 Å². The summed E-state index contributed by atoms with van der Waals surface area (Å²) in [6.45, 7) is 8.20. The Balaban J connectivity index is 2.23. The first-order valence-corrected chi connectivity index (χ1v) is 7.21. The number of nitrogens with zero attached hydrogens (tertiary/aromatic N) is 1. The van der Waals surface area contributed by atoms with E-state index in [1.54, 1.807) is 0 Å². The van der Waals surface area contributed by atoms with Gasteiger partial charge in [-0.1, -0.05) is 19.1 Å². The van der Waals surface area contributed by atoms with E-state index in [1.807, 2.05) is 29.2 Å². The van der Waals surface area contributed by atoms with Crippen molar-refractivity contribution in [1.29, 1.82) is 0 Å². The lowest BCUT2D eigenvalue weighted by Gasteiger charge is -2.32. The van der Waals surface area contributed by atoms with Gasteiger partial charge in [-0.25, -0.2) is 0 Å². The van der Waals surface area contributed by atoms with Crippen LogP contribution in [0, 0.1) is 0 Å². The van der Waals surface area contributed by atoms with Crippen molar-refractivity contribution in [2.75, 3.05) is 18.4 Å². The van der Waals surface area contributed by atoms with Gasteiger partial charge in [0.05, 0.1) is 5.56 Å². The molecule has 1 fully saturated rings. The summed E-state index contributed by atoms with van der Waals surface area (Å²) < 4.78 is 0. The Bertz CT molecular complexity index is 454. The zero-order valence-corrected chi connectivity index (χ0v) is 12.2. The number of carbonyl (C=O) groups excluding carboxylic acids is 1. The maximum absolute atomic E-state index is 12.7. The molecule has 1 aliphatic rings. The maximum atomic E-state index is 12.7. The first kappa shape index (κ1) is 13.9. The zero-order valence-electron chi connectivity index (χ0n) is 12.2. The van der Waals surface area contributed by atoms with Crippen molar-refractivity contribution in [2.24, 2.45) is 0 Å². The van der Waals surface area contributed by atoms with Gasteiger partial charge in [0, 0.05) is 24.3 Å². The summed E-state index contributed by atoms with van der Waals surface area (Å²) in [4.78, 5) is 14.7. The minimum Gasteiger partial charge on any atom is -0.384 e. The minimum atomic E-state index is -0.0189. The summed E-state index contributed by atoms with van der Waals surface area (Å²) in [5, 5.41) is 3.35. The van der Waals surface area contributed by atoms with Gasteiger partial charge in [-0.15, -0.1) is 0 Å². The molecule has 0 spiro atoms. The Kier molecular flexibility index (Phi) is 4.13. The summed E-state index contributed by atoms with van der Waals surface area (Å²) in [5.74, 6) is 0.154. The van der Waals surface area contributed by atoms with Gasteiger partial charge in [0.25, 0.3) is 5.91 Å². The second kappa shape index (κ2) is 5.64. The molecule has 19 heavy (non-hydrogen) atoms. The van der Waals surface area contributed by atoms with Gasteiger partial charge < -0.3 is 10.2 Å². The van der Waals surface area contributed by atoms with Crippen molar-refractivity contribution in [3.05, 3.63) is 29.8 Å². The maximum Gasteiger partial charge on any atom is 0.256 e. The molecule has 3 nitrogen and oxygen atoms in total. The molecule has 1 amide bonds. The van der Waals surface area contributed by atoms with Gasteiger partial charge in [0.2, 0.25) is 0 Å². The lowest BCUT2D eigenvalue weighted by molar-refractivity contribution is 0.0653. The fourth-order valence-electron chi connectivity index (χ4n) is 2.71. The SMILES string of the molecule is CCCNc1ccccc1C(=O)N1CCCC1(C)C. The number of hydrogen-bond donors (Lipinski definition) is 1. The summed E-state index contributed by atoms with van der Waals surface area (Å²) >= 11 is 0. The number of para-hydroxylation sites is 1. The summed E-state index contributed by atoms with van der Waals surface area (Å²) in [6.07, 6.45) is 3.24. The van der Waals surface area contributed by atoms with Gasteiger partial charge in [-0.3, -0.25) is 4.79 Å². The van der Waals surface area contributed by atoms with Crippen molar-refractivity contribution in [2.45, 2.75) is 45.6 Å². The fourth-order valence-corrected chi connectivity index (χ4v) is 2.71. The predicted molar refractivity (Wildman–Crippen MR) is 79.6 cm³/mol. The Morgan fingerprint density at radius 1 is 1.37 bits per heavy atom. The van der Waals surface area contributed by atoms with Crippen LogP contribution in [0.2, 0.25) is 0 Å².